The molecule has 0 saturated carbocycles. The predicted molar refractivity (Wildman–Crippen MR) is 121 cm³/mol. The lowest BCUT2D eigenvalue weighted by molar-refractivity contribution is -0.140. The van der Waals surface area contributed by atoms with E-state index in [-0.39, 0.29) is 23.8 Å². The molecular formula is C25H34N2O3. The summed E-state index contributed by atoms with van der Waals surface area (Å²) in [6.45, 7) is 12.0. The van der Waals surface area contributed by atoms with Crippen molar-refractivity contribution < 1.29 is 14.3 Å². The van der Waals surface area contributed by atoms with Crippen molar-refractivity contribution in [2.45, 2.75) is 66.1 Å². The Hall–Kier alpha value is -2.82. The molecule has 0 heterocycles. The smallest absolute Gasteiger partial charge is 0.242 e. The Labute approximate surface area is 180 Å². The van der Waals surface area contributed by atoms with E-state index in [9.17, 15) is 9.59 Å². The zero-order valence-electron chi connectivity index (χ0n) is 19.2. The third-order valence-electron chi connectivity index (χ3n) is 4.81. The van der Waals surface area contributed by atoms with Gasteiger partial charge in [0, 0.05) is 12.1 Å². The van der Waals surface area contributed by atoms with E-state index in [2.05, 4.69) is 11.4 Å². The Balaban J connectivity index is 2.28. The monoisotopic (exact) mass is 410 g/mol. The minimum absolute atomic E-state index is 0.0765. The van der Waals surface area contributed by atoms with Crippen LogP contribution in [0.1, 0.15) is 49.9 Å². The van der Waals surface area contributed by atoms with Crippen molar-refractivity contribution in [3.8, 4) is 5.75 Å². The molecule has 2 aromatic carbocycles. The van der Waals surface area contributed by atoms with Gasteiger partial charge in [-0.25, -0.2) is 0 Å². The van der Waals surface area contributed by atoms with Gasteiger partial charge in [0.2, 0.25) is 11.8 Å². The summed E-state index contributed by atoms with van der Waals surface area (Å²) in [5.41, 5.74) is 3.78. The van der Waals surface area contributed by atoms with Gasteiger partial charge in [-0.05, 0) is 64.8 Å². The van der Waals surface area contributed by atoms with Crippen LogP contribution in [0.2, 0.25) is 0 Å². The number of aryl methyl sites for hydroxylation is 2. The van der Waals surface area contributed by atoms with Gasteiger partial charge in [0.25, 0.3) is 0 Å². The van der Waals surface area contributed by atoms with E-state index >= 15 is 0 Å². The zero-order valence-corrected chi connectivity index (χ0v) is 19.2. The molecular weight excluding hydrogens is 376 g/mol. The lowest BCUT2D eigenvalue weighted by Crippen LogP contribution is -2.52. The summed E-state index contributed by atoms with van der Waals surface area (Å²) in [6, 6.07) is 13.1. The third kappa shape index (κ3) is 6.90. The van der Waals surface area contributed by atoms with Gasteiger partial charge in [-0.3, -0.25) is 9.59 Å². The molecule has 0 fully saturated rings. The molecule has 1 atom stereocenters. The standard InChI is InChI=1S/C25H34N2O3/c1-17-12-18(2)14-21(13-17)15-23(28)27(19(3)24(29)26-25(4,5)6)16-20-8-10-22(30-7)11-9-20/h8-14,19H,15-16H2,1-7H3,(H,26,29). The van der Waals surface area contributed by atoms with Crippen molar-refractivity contribution >= 4 is 11.8 Å². The average molecular weight is 411 g/mol. The number of amides is 2. The highest BCUT2D eigenvalue weighted by atomic mass is 16.5. The van der Waals surface area contributed by atoms with E-state index in [1.807, 2.05) is 71.0 Å². The fraction of sp³-hybridized carbons (Fsp3) is 0.440. The lowest BCUT2D eigenvalue weighted by atomic mass is 10.0. The van der Waals surface area contributed by atoms with Crippen molar-refractivity contribution in [1.29, 1.82) is 0 Å². The van der Waals surface area contributed by atoms with Gasteiger partial charge >= 0.3 is 0 Å². The minimum atomic E-state index is -0.593. The van der Waals surface area contributed by atoms with Crippen LogP contribution >= 0.6 is 0 Å². The summed E-state index contributed by atoms with van der Waals surface area (Å²) >= 11 is 0. The number of nitrogens with one attached hydrogen (secondary N) is 1. The highest BCUT2D eigenvalue weighted by Gasteiger charge is 2.28. The summed E-state index contributed by atoms with van der Waals surface area (Å²) < 4.78 is 5.22. The van der Waals surface area contributed by atoms with Crippen LogP contribution < -0.4 is 10.1 Å². The molecule has 0 radical (unpaired) electrons. The van der Waals surface area contributed by atoms with E-state index < -0.39 is 6.04 Å². The lowest BCUT2D eigenvalue weighted by Gasteiger charge is -2.31. The number of carbonyl (C=O) groups is 2. The molecule has 162 valence electrons. The van der Waals surface area contributed by atoms with Crippen LogP contribution in [0.4, 0.5) is 0 Å². The summed E-state index contributed by atoms with van der Waals surface area (Å²) in [6.07, 6.45) is 0.256. The van der Waals surface area contributed by atoms with Gasteiger partial charge in [-0.15, -0.1) is 0 Å². The van der Waals surface area contributed by atoms with E-state index in [0.717, 1.165) is 28.0 Å². The van der Waals surface area contributed by atoms with Crippen LogP contribution in [-0.4, -0.2) is 35.4 Å². The third-order valence-corrected chi connectivity index (χ3v) is 4.81. The fourth-order valence-corrected chi connectivity index (χ4v) is 3.43. The van der Waals surface area contributed by atoms with Crippen LogP contribution in [0.15, 0.2) is 42.5 Å². The number of hydrogen-bond acceptors (Lipinski definition) is 3. The molecule has 0 spiro atoms. The topological polar surface area (TPSA) is 58.6 Å². The van der Waals surface area contributed by atoms with Crippen LogP contribution in [0.25, 0.3) is 0 Å². The van der Waals surface area contributed by atoms with E-state index in [1.165, 1.54) is 0 Å². The molecule has 2 amide bonds. The Morgan fingerprint density at radius 3 is 2.07 bits per heavy atom. The molecule has 2 rings (SSSR count). The molecule has 5 heteroatoms. The Morgan fingerprint density at radius 2 is 1.57 bits per heavy atom. The Morgan fingerprint density at radius 1 is 1.00 bits per heavy atom. The predicted octanol–water partition coefficient (Wildman–Crippen LogP) is 4.19. The Bertz CT molecular complexity index is 862. The highest BCUT2D eigenvalue weighted by Crippen LogP contribution is 2.17. The number of methoxy groups -OCH3 is 1. The normalized spacial score (nSPS) is 12.2. The number of ether oxygens (including phenoxy) is 1. The molecule has 0 aromatic heterocycles. The second-order valence-corrected chi connectivity index (χ2v) is 8.96. The molecule has 30 heavy (non-hydrogen) atoms. The van der Waals surface area contributed by atoms with E-state index in [1.54, 1.807) is 18.9 Å². The molecule has 5 nitrogen and oxygen atoms in total. The van der Waals surface area contributed by atoms with Crippen LogP contribution in [0.5, 0.6) is 5.75 Å². The molecule has 0 aliphatic carbocycles. The summed E-state index contributed by atoms with van der Waals surface area (Å²) in [5.74, 6) is 0.516. The number of benzene rings is 2. The first kappa shape index (κ1) is 23.5. The number of rotatable bonds is 7. The first-order valence-electron chi connectivity index (χ1n) is 10.3. The van der Waals surface area contributed by atoms with Crippen LogP contribution in [-0.2, 0) is 22.6 Å². The van der Waals surface area contributed by atoms with Crippen LogP contribution in [0, 0.1) is 13.8 Å². The van der Waals surface area contributed by atoms with Gasteiger partial charge in [-0.2, -0.15) is 0 Å². The van der Waals surface area contributed by atoms with Gasteiger partial charge < -0.3 is 15.0 Å². The van der Waals surface area contributed by atoms with Gasteiger partial charge in [0.15, 0.2) is 0 Å². The first-order valence-corrected chi connectivity index (χ1v) is 10.3. The van der Waals surface area contributed by atoms with Crippen molar-refractivity contribution in [2.24, 2.45) is 0 Å². The van der Waals surface area contributed by atoms with Crippen molar-refractivity contribution in [3.05, 3.63) is 64.7 Å². The van der Waals surface area contributed by atoms with Crippen LogP contribution in [0.3, 0.4) is 0 Å². The maximum Gasteiger partial charge on any atom is 0.242 e. The SMILES string of the molecule is COc1ccc(CN(C(=O)Cc2cc(C)cc(C)c2)C(C)C(=O)NC(C)(C)C)cc1. The molecule has 0 aliphatic heterocycles. The van der Waals surface area contributed by atoms with Crippen molar-refractivity contribution in [1.82, 2.24) is 10.2 Å². The summed E-state index contributed by atoms with van der Waals surface area (Å²) in [4.78, 5) is 27.8. The number of nitrogens with zero attached hydrogens (tertiary/aromatic N) is 1. The summed E-state index contributed by atoms with van der Waals surface area (Å²) in [5, 5.41) is 2.99. The fourth-order valence-electron chi connectivity index (χ4n) is 3.43. The van der Waals surface area contributed by atoms with Crippen molar-refractivity contribution in [3.63, 3.8) is 0 Å². The average Bonchev–Trinajstić information content (AvgIpc) is 2.63. The molecule has 0 bridgehead atoms. The molecule has 1 unspecified atom stereocenters. The Kier molecular flexibility index (Phi) is 7.65. The highest BCUT2D eigenvalue weighted by molar-refractivity contribution is 5.88. The van der Waals surface area contributed by atoms with Gasteiger partial charge in [0.1, 0.15) is 11.8 Å². The van der Waals surface area contributed by atoms with Gasteiger partial charge in [0.05, 0.1) is 13.5 Å². The number of carbonyl (C=O) groups excluding carboxylic acids is 2. The minimum Gasteiger partial charge on any atom is -0.497 e. The molecule has 0 saturated heterocycles. The quantitative estimate of drug-likeness (QED) is 0.745. The maximum atomic E-state index is 13.3. The molecule has 2 aromatic rings. The summed E-state index contributed by atoms with van der Waals surface area (Å²) in [7, 11) is 1.62. The largest absolute Gasteiger partial charge is 0.497 e. The zero-order chi connectivity index (χ0) is 22.5. The molecule has 0 aliphatic rings. The molecule has 1 N–H and O–H groups in total. The maximum absolute atomic E-state index is 13.3. The van der Waals surface area contributed by atoms with Gasteiger partial charge in [-0.1, -0.05) is 41.5 Å². The second kappa shape index (κ2) is 9.79. The number of hydrogen-bond donors (Lipinski definition) is 1. The first-order chi connectivity index (χ1) is 14.0. The van der Waals surface area contributed by atoms with E-state index in [4.69, 9.17) is 4.74 Å². The van der Waals surface area contributed by atoms with E-state index in [0.29, 0.717) is 6.54 Å². The van der Waals surface area contributed by atoms with Crippen molar-refractivity contribution in [2.75, 3.05) is 7.11 Å². The second-order valence-electron chi connectivity index (χ2n) is 8.96.